The average molecular weight is 496 g/mol. The van der Waals surface area contributed by atoms with Crippen LogP contribution in [0, 0.1) is 5.82 Å². The maximum atomic E-state index is 13.1. The number of carbonyl (C=O) groups is 2. The fraction of sp³-hybridized carbons (Fsp3) is 0.0476. The van der Waals surface area contributed by atoms with Gasteiger partial charge in [-0.1, -0.05) is 35.3 Å². The lowest BCUT2D eigenvalue weighted by Crippen LogP contribution is -2.42. The van der Waals surface area contributed by atoms with Gasteiger partial charge in [0, 0.05) is 10.6 Å². The lowest BCUT2D eigenvalue weighted by Gasteiger charge is -2.12. The molecule has 0 aromatic heterocycles. The lowest BCUT2D eigenvalue weighted by molar-refractivity contribution is -0.121. The summed E-state index contributed by atoms with van der Waals surface area (Å²) in [5.74, 6) is -1.74. The Morgan fingerprint density at radius 1 is 0.875 bits per heavy atom. The molecule has 11 heteroatoms. The second-order valence-corrected chi connectivity index (χ2v) is 9.09. The second kappa shape index (κ2) is 9.99. The standard InChI is InChI=1S/C21H16Cl2FN3O4S/c22-15-4-1-13(2-5-15)11-20(28)25-26-21(29)14-3-10-18(23)19(12-14)27-32(30,31)17-8-6-16(24)7-9-17/h1-10,12,27H,11H2,(H,25,28)(H,26,29). The fourth-order valence-electron chi connectivity index (χ4n) is 2.59. The van der Waals surface area contributed by atoms with Gasteiger partial charge in [-0.05, 0) is 60.2 Å². The zero-order chi connectivity index (χ0) is 23.3. The zero-order valence-corrected chi connectivity index (χ0v) is 18.6. The summed E-state index contributed by atoms with van der Waals surface area (Å²) in [7, 11) is -4.07. The summed E-state index contributed by atoms with van der Waals surface area (Å²) in [6, 6.07) is 14.8. The van der Waals surface area contributed by atoms with Crippen molar-refractivity contribution in [3.63, 3.8) is 0 Å². The molecule has 0 radical (unpaired) electrons. The monoisotopic (exact) mass is 495 g/mol. The van der Waals surface area contributed by atoms with E-state index in [1.165, 1.54) is 18.2 Å². The summed E-state index contributed by atoms with van der Waals surface area (Å²) in [5.41, 5.74) is 5.21. The van der Waals surface area contributed by atoms with Crippen LogP contribution in [-0.4, -0.2) is 20.2 Å². The van der Waals surface area contributed by atoms with E-state index in [4.69, 9.17) is 23.2 Å². The first-order valence-corrected chi connectivity index (χ1v) is 11.3. The van der Waals surface area contributed by atoms with Gasteiger partial charge in [0.05, 0.1) is 22.0 Å². The van der Waals surface area contributed by atoms with Crippen molar-refractivity contribution >= 4 is 50.7 Å². The number of benzene rings is 3. The van der Waals surface area contributed by atoms with Crippen LogP contribution in [-0.2, 0) is 21.2 Å². The minimum Gasteiger partial charge on any atom is -0.278 e. The van der Waals surface area contributed by atoms with Gasteiger partial charge in [0.25, 0.3) is 15.9 Å². The number of hydrogen-bond acceptors (Lipinski definition) is 4. The molecule has 0 saturated carbocycles. The van der Waals surface area contributed by atoms with Crippen LogP contribution < -0.4 is 15.6 Å². The van der Waals surface area contributed by atoms with Gasteiger partial charge in [0.1, 0.15) is 5.82 Å². The minimum atomic E-state index is -4.07. The number of amides is 2. The van der Waals surface area contributed by atoms with Gasteiger partial charge in [-0.25, -0.2) is 12.8 Å². The van der Waals surface area contributed by atoms with Gasteiger partial charge in [-0.2, -0.15) is 0 Å². The van der Waals surface area contributed by atoms with Crippen molar-refractivity contribution in [3.05, 3.63) is 93.7 Å². The number of sulfonamides is 1. The van der Waals surface area contributed by atoms with E-state index in [0.717, 1.165) is 24.3 Å². The first kappa shape index (κ1) is 23.5. The van der Waals surface area contributed by atoms with Crippen molar-refractivity contribution < 1.29 is 22.4 Å². The maximum Gasteiger partial charge on any atom is 0.269 e. The molecule has 166 valence electrons. The molecule has 2 amide bonds. The Morgan fingerprint density at radius 3 is 2.19 bits per heavy atom. The van der Waals surface area contributed by atoms with E-state index in [1.54, 1.807) is 24.3 Å². The summed E-state index contributed by atoms with van der Waals surface area (Å²) in [6.07, 6.45) is 0.0147. The Morgan fingerprint density at radius 2 is 1.53 bits per heavy atom. The number of halogens is 3. The van der Waals surface area contributed by atoms with Crippen molar-refractivity contribution in [1.29, 1.82) is 0 Å². The summed E-state index contributed by atoms with van der Waals surface area (Å²) >= 11 is 11.8. The molecule has 0 fully saturated rings. The fourth-order valence-corrected chi connectivity index (χ4v) is 4.01. The van der Waals surface area contributed by atoms with E-state index >= 15 is 0 Å². The van der Waals surface area contributed by atoms with Crippen molar-refractivity contribution in [2.24, 2.45) is 0 Å². The Bertz CT molecular complexity index is 1250. The van der Waals surface area contributed by atoms with Gasteiger partial charge in [0.2, 0.25) is 5.91 Å². The molecule has 32 heavy (non-hydrogen) atoms. The smallest absolute Gasteiger partial charge is 0.269 e. The van der Waals surface area contributed by atoms with Crippen LogP contribution in [0.5, 0.6) is 0 Å². The van der Waals surface area contributed by atoms with Crippen LogP contribution in [0.1, 0.15) is 15.9 Å². The molecule has 0 unspecified atom stereocenters. The quantitative estimate of drug-likeness (QED) is 0.450. The van der Waals surface area contributed by atoms with Crippen LogP contribution in [0.25, 0.3) is 0 Å². The van der Waals surface area contributed by atoms with Crippen molar-refractivity contribution in [2.45, 2.75) is 11.3 Å². The van der Waals surface area contributed by atoms with Gasteiger partial charge in [0.15, 0.2) is 0 Å². The molecule has 0 spiro atoms. The lowest BCUT2D eigenvalue weighted by atomic mass is 10.1. The summed E-state index contributed by atoms with van der Waals surface area (Å²) in [5, 5.41) is 0.579. The van der Waals surface area contributed by atoms with Gasteiger partial charge in [-0.3, -0.25) is 25.2 Å². The van der Waals surface area contributed by atoms with Crippen LogP contribution in [0.3, 0.4) is 0 Å². The predicted molar refractivity (Wildman–Crippen MR) is 119 cm³/mol. The average Bonchev–Trinajstić information content (AvgIpc) is 2.75. The third-order valence-electron chi connectivity index (χ3n) is 4.19. The topological polar surface area (TPSA) is 104 Å². The summed E-state index contributed by atoms with van der Waals surface area (Å²) in [6.45, 7) is 0. The number of hydrazine groups is 1. The Hall–Kier alpha value is -3.14. The Labute approximate surface area is 193 Å². The minimum absolute atomic E-state index is 0.0147. The van der Waals surface area contributed by atoms with Gasteiger partial charge < -0.3 is 0 Å². The molecule has 0 atom stereocenters. The summed E-state index contributed by atoms with van der Waals surface area (Å²) in [4.78, 5) is 24.2. The van der Waals surface area contributed by atoms with Gasteiger partial charge in [-0.15, -0.1) is 0 Å². The molecule has 0 aliphatic rings. The van der Waals surface area contributed by atoms with E-state index in [9.17, 15) is 22.4 Å². The molecule has 3 N–H and O–H groups in total. The van der Waals surface area contributed by atoms with Crippen LogP contribution in [0.2, 0.25) is 10.0 Å². The number of rotatable bonds is 6. The van der Waals surface area contributed by atoms with E-state index in [2.05, 4.69) is 15.6 Å². The first-order chi connectivity index (χ1) is 15.1. The molecule has 0 bridgehead atoms. The molecule has 0 aliphatic heterocycles. The largest absolute Gasteiger partial charge is 0.278 e. The van der Waals surface area contributed by atoms with E-state index in [1.807, 2.05) is 0 Å². The number of hydrogen-bond donors (Lipinski definition) is 3. The van der Waals surface area contributed by atoms with E-state index < -0.39 is 27.7 Å². The highest BCUT2D eigenvalue weighted by atomic mass is 35.5. The molecular weight excluding hydrogens is 480 g/mol. The van der Waals surface area contributed by atoms with Crippen LogP contribution in [0.4, 0.5) is 10.1 Å². The third-order valence-corrected chi connectivity index (χ3v) is 6.15. The third kappa shape index (κ3) is 6.19. The van der Waals surface area contributed by atoms with Crippen LogP contribution >= 0.6 is 23.2 Å². The number of anilines is 1. The van der Waals surface area contributed by atoms with Crippen molar-refractivity contribution in [3.8, 4) is 0 Å². The predicted octanol–water partition coefficient (Wildman–Crippen LogP) is 3.94. The molecule has 0 saturated heterocycles. The molecule has 0 aliphatic carbocycles. The van der Waals surface area contributed by atoms with E-state index in [-0.39, 0.29) is 27.6 Å². The first-order valence-electron chi connectivity index (χ1n) is 9.05. The van der Waals surface area contributed by atoms with Crippen LogP contribution in [0.15, 0.2) is 71.6 Å². The summed E-state index contributed by atoms with van der Waals surface area (Å²) < 4.78 is 40.3. The van der Waals surface area contributed by atoms with Gasteiger partial charge >= 0.3 is 0 Å². The normalized spacial score (nSPS) is 11.0. The number of carbonyl (C=O) groups excluding carboxylic acids is 2. The molecule has 7 nitrogen and oxygen atoms in total. The SMILES string of the molecule is O=C(Cc1ccc(Cl)cc1)NNC(=O)c1ccc(Cl)c(NS(=O)(=O)c2ccc(F)cc2)c1. The molecule has 3 rings (SSSR count). The molecule has 0 heterocycles. The number of nitrogens with one attached hydrogen (secondary N) is 3. The molecule has 3 aromatic carbocycles. The van der Waals surface area contributed by atoms with E-state index in [0.29, 0.717) is 10.6 Å². The second-order valence-electron chi connectivity index (χ2n) is 6.56. The molecule has 3 aromatic rings. The Kier molecular flexibility index (Phi) is 7.34. The van der Waals surface area contributed by atoms with Crippen molar-refractivity contribution in [1.82, 2.24) is 10.9 Å². The highest BCUT2D eigenvalue weighted by Crippen LogP contribution is 2.26. The highest BCUT2D eigenvalue weighted by Gasteiger charge is 2.18. The molecular formula is C21H16Cl2FN3O4S. The maximum absolute atomic E-state index is 13.1. The zero-order valence-electron chi connectivity index (χ0n) is 16.2. The Balaban J connectivity index is 1.66. The highest BCUT2D eigenvalue weighted by molar-refractivity contribution is 7.92. The van der Waals surface area contributed by atoms with Crippen molar-refractivity contribution in [2.75, 3.05) is 4.72 Å².